The fourth-order valence-electron chi connectivity index (χ4n) is 3.52. The van der Waals surface area contributed by atoms with Crippen LogP contribution in [0.4, 0.5) is 0 Å². The summed E-state index contributed by atoms with van der Waals surface area (Å²) in [7, 11) is 1.30. The van der Waals surface area contributed by atoms with E-state index >= 15 is 0 Å². The molecule has 37 heavy (non-hydrogen) atoms. The second kappa shape index (κ2) is 13.5. The van der Waals surface area contributed by atoms with Crippen molar-refractivity contribution in [2.24, 2.45) is 5.73 Å². The Morgan fingerprint density at radius 2 is 1.68 bits per heavy atom. The van der Waals surface area contributed by atoms with E-state index < -0.39 is 17.9 Å². The summed E-state index contributed by atoms with van der Waals surface area (Å²) in [4.78, 5) is 41.3. The molecule has 10 nitrogen and oxygen atoms in total. The molecule has 0 fully saturated rings. The van der Waals surface area contributed by atoms with E-state index in [0.717, 1.165) is 11.3 Å². The summed E-state index contributed by atoms with van der Waals surface area (Å²) in [6.07, 6.45) is 2.28. The maximum absolute atomic E-state index is 13.1. The molecule has 0 saturated heterocycles. The van der Waals surface area contributed by atoms with Crippen molar-refractivity contribution < 1.29 is 19.1 Å². The van der Waals surface area contributed by atoms with Crippen LogP contribution in [0, 0.1) is 5.41 Å². The Morgan fingerprint density at radius 3 is 2.30 bits per heavy atom. The number of hydrogen-bond donors (Lipinski definition) is 5. The van der Waals surface area contributed by atoms with Gasteiger partial charge in [-0.05, 0) is 35.4 Å². The third-order valence-corrected chi connectivity index (χ3v) is 5.56. The van der Waals surface area contributed by atoms with Gasteiger partial charge >= 0.3 is 5.97 Å². The van der Waals surface area contributed by atoms with Crippen LogP contribution in [0.3, 0.4) is 0 Å². The summed E-state index contributed by atoms with van der Waals surface area (Å²) in [6, 6.07) is 18.4. The second-order valence-corrected chi connectivity index (χ2v) is 8.18. The van der Waals surface area contributed by atoms with E-state index in [-0.39, 0.29) is 18.3 Å². The minimum absolute atomic E-state index is 0.0271. The molecule has 1 unspecified atom stereocenters. The number of nitrogens with zero attached hydrogens (tertiary/aromatic N) is 1. The average Bonchev–Trinajstić information content (AvgIpc) is 2.92. The number of nitrogen functional groups attached to an aromatic ring is 1. The third-order valence-electron chi connectivity index (χ3n) is 5.56. The van der Waals surface area contributed by atoms with Crippen molar-refractivity contribution in [3.8, 4) is 0 Å². The van der Waals surface area contributed by atoms with Crippen molar-refractivity contribution in [3.05, 3.63) is 101 Å². The minimum atomic E-state index is -0.791. The standard InChI is InChI=1S/C27H30N6O4/c1-37-27(36)21-11-9-19(10-12-21)24(32-16-18-5-7-20(8-6-18)25(28)29)26(35)33-17-23(34)31-15-13-22-4-2-3-14-30-22/h2-12,14,24,32H,13,15-17H2,1H3,(H3,28,29)(H,31,34)(H,33,35). The van der Waals surface area contributed by atoms with Gasteiger partial charge in [0.25, 0.3) is 0 Å². The van der Waals surface area contributed by atoms with Crippen molar-refractivity contribution in [1.29, 1.82) is 5.41 Å². The monoisotopic (exact) mass is 502 g/mol. The molecule has 192 valence electrons. The first-order chi connectivity index (χ1) is 17.9. The number of nitrogens with one attached hydrogen (secondary N) is 4. The van der Waals surface area contributed by atoms with Gasteiger partial charge in [-0.25, -0.2) is 4.79 Å². The van der Waals surface area contributed by atoms with Crippen molar-refractivity contribution in [3.63, 3.8) is 0 Å². The zero-order valence-electron chi connectivity index (χ0n) is 20.5. The number of methoxy groups -OCH3 is 1. The van der Waals surface area contributed by atoms with Crippen LogP contribution in [-0.4, -0.2) is 48.8 Å². The molecule has 0 radical (unpaired) electrons. The highest BCUT2D eigenvalue weighted by atomic mass is 16.5. The van der Waals surface area contributed by atoms with Gasteiger partial charge < -0.3 is 21.1 Å². The zero-order valence-corrected chi connectivity index (χ0v) is 20.5. The summed E-state index contributed by atoms with van der Waals surface area (Å²) >= 11 is 0. The van der Waals surface area contributed by atoms with Gasteiger partial charge in [0.05, 0.1) is 19.2 Å². The summed E-state index contributed by atoms with van der Waals surface area (Å²) in [5, 5.41) is 16.2. The van der Waals surface area contributed by atoms with Crippen LogP contribution in [0.25, 0.3) is 0 Å². The van der Waals surface area contributed by atoms with Crippen LogP contribution < -0.4 is 21.7 Å². The number of amidine groups is 1. The molecule has 1 heterocycles. The molecular weight excluding hydrogens is 472 g/mol. The lowest BCUT2D eigenvalue weighted by Crippen LogP contribution is -2.42. The first-order valence-electron chi connectivity index (χ1n) is 11.7. The fourth-order valence-corrected chi connectivity index (χ4v) is 3.52. The highest BCUT2D eigenvalue weighted by Gasteiger charge is 2.21. The van der Waals surface area contributed by atoms with Gasteiger partial charge in [0, 0.05) is 37.0 Å². The zero-order chi connectivity index (χ0) is 26.6. The molecule has 1 aromatic heterocycles. The lowest BCUT2D eigenvalue weighted by Gasteiger charge is -2.19. The van der Waals surface area contributed by atoms with E-state index in [1.54, 1.807) is 42.6 Å². The Labute approximate surface area is 215 Å². The lowest BCUT2D eigenvalue weighted by atomic mass is 10.0. The fraction of sp³-hybridized carbons (Fsp3) is 0.222. The van der Waals surface area contributed by atoms with Gasteiger partial charge in [-0.2, -0.15) is 0 Å². The van der Waals surface area contributed by atoms with Gasteiger partial charge in [0.2, 0.25) is 11.8 Å². The number of hydrogen-bond acceptors (Lipinski definition) is 7. The third kappa shape index (κ3) is 8.25. The molecule has 6 N–H and O–H groups in total. The number of rotatable bonds is 12. The number of benzene rings is 2. The van der Waals surface area contributed by atoms with Crippen LogP contribution in [0.2, 0.25) is 0 Å². The SMILES string of the molecule is COC(=O)c1ccc(C(NCc2ccc(C(=N)N)cc2)C(=O)NCC(=O)NCCc2ccccn2)cc1. The van der Waals surface area contributed by atoms with Gasteiger partial charge in [0.1, 0.15) is 11.9 Å². The smallest absolute Gasteiger partial charge is 0.337 e. The van der Waals surface area contributed by atoms with E-state index in [9.17, 15) is 14.4 Å². The Balaban J connectivity index is 1.62. The Bertz CT molecular complexity index is 1210. The van der Waals surface area contributed by atoms with E-state index in [1.807, 2.05) is 30.3 Å². The molecule has 1 atom stereocenters. The molecule has 2 aromatic carbocycles. The van der Waals surface area contributed by atoms with Crippen molar-refractivity contribution in [2.75, 3.05) is 20.2 Å². The maximum atomic E-state index is 13.1. The minimum Gasteiger partial charge on any atom is -0.465 e. The van der Waals surface area contributed by atoms with Crippen LogP contribution >= 0.6 is 0 Å². The Kier molecular flexibility index (Phi) is 9.86. The largest absolute Gasteiger partial charge is 0.465 e. The number of carbonyl (C=O) groups is 3. The van der Waals surface area contributed by atoms with Crippen molar-refractivity contribution >= 4 is 23.6 Å². The number of amides is 2. The molecule has 0 aliphatic carbocycles. The Hall–Kier alpha value is -4.57. The maximum Gasteiger partial charge on any atom is 0.337 e. The molecule has 0 spiro atoms. The number of nitrogens with two attached hydrogens (primary N) is 1. The first-order valence-corrected chi connectivity index (χ1v) is 11.7. The molecule has 0 saturated carbocycles. The molecule has 10 heteroatoms. The molecule has 2 amide bonds. The predicted molar refractivity (Wildman–Crippen MR) is 139 cm³/mol. The number of aromatic nitrogens is 1. The molecule has 3 aromatic rings. The highest BCUT2D eigenvalue weighted by Crippen LogP contribution is 2.16. The molecule has 0 aliphatic heterocycles. The van der Waals surface area contributed by atoms with Crippen LogP contribution in [0.1, 0.15) is 38.8 Å². The van der Waals surface area contributed by atoms with Gasteiger partial charge in [0.15, 0.2) is 0 Å². The number of carbonyl (C=O) groups excluding carboxylic acids is 3. The van der Waals surface area contributed by atoms with Crippen LogP contribution in [0.15, 0.2) is 72.9 Å². The van der Waals surface area contributed by atoms with Gasteiger partial charge in [-0.15, -0.1) is 0 Å². The Morgan fingerprint density at radius 1 is 0.973 bits per heavy atom. The van der Waals surface area contributed by atoms with Gasteiger partial charge in [-0.3, -0.25) is 25.3 Å². The molecule has 0 aliphatic rings. The quantitative estimate of drug-likeness (QED) is 0.142. The molecule has 3 rings (SSSR count). The molecular formula is C27H30N6O4. The summed E-state index contributed by atoms with van der Waals surface area (Å²) < 4.78 is 4.73. The summed E-state index contributed by atoms with van der Waals surface area (Å²) in [5.41, 5.74) is 8.82. The van der Waals surface area contributed by atoms with Crippen molar-refractivity contribution in [1.82, 2.24) is 20.9 Å². The normalized spacial score (nSPS) is 11.3. The summed E-state index contributed by atoms with van der Waals surface area (Å²) in [5.74, 6) is -1.22. The van der Waals surface area contributed by atoms with E-state index in [0.29, 0.717) is 36.2 Å². The number of ether oxygens (including phenoxy) is 1. The number of pyridine rings is 1. The second-order valence-electron chi connectivity index (χ2n) is 8.18. The van der Waals surface area contributed by atoms with E-state index in [4.69, 9.17) is 15.9 Å². The van der Waals surface area contributed by atoms with Crippen LogP contribution in [0.5, 0.6) is 0 Å². The van der Waals surface area contributed by atoms with E-state index in [2.05, 4.69) is 20.9 Å². The van der Waals surface area contributed by atoms with Crippen LogP contribution in [-0.2, 0) is 27.3 Å². The topological polar surface area (TPSA) is 159 Å². The highest BCUT2D eigenvalue weighted by molar-refractivity contribution is 5.95. The predicted octanol–water partition coefficient (Wildman–Crippen LogP) is 1.46. The average molecular weight is 503 g/mol. The number of esters is 1. The van der Waals surface area contributed by atoms with E-state index in [1.165, 1.54) is 7.11 Å². The summed E-state index contributed by atoms with van der Waals surface area (Å²) in [6.45, 7) is 0.552. The van der Waals surface area contributed by atoms with Gasteiger partial charge in [-0.1, -0.05) is 42.5 Å². The van der Waals surface area contributed by atoms with Crippen molar-refractivity contribution in [2.45, 2.75) is 19.0 Å². The molecule has 0 bridgehead atoms. The lowest BCUT2D eigenvalue weighted by molar-refractivity contribution is -0.127. The first kappa shape index (κ1) is 27.0.